The maximum absolute atomic E-state index is 13.8. The highest BCUT2D eigenvalue weighted by atomic mass is 16.8. The smallest absolute Gasteiger partial charge is 0.246 e. The molecular formula is C27H33N5O4. The minimum atomic E-state index is -1.03. The Labute approximate surface area is 210 Å². The van der Waals surface area contributed by atoms with Crippen molar-refractivity contribution in [1.82, 2.24) is 19.7 Å². The third kappa shape index (κ3) is 4.28. The molecule has 36 heavy (non-hydrogen) atoms. The Bertz CT molecular complexity index is 1270. The van der Waals surface area contributed by atoms with Crippen LogP contribution >= 0.6 is 0 Å². The molecule has 0 radical (unpaired) electrons. The fourth-order valence-corrected chi connectivity index (χ4v) is 5.73. The lowest BCUT2D eigenvalue weighted by molar-refractivity contribution is -0.991. The normalized spacial score (nSPS) is 20.7. The largest absolute Gasteiger partial charge is 0.595 e. The Morgan fingerprint density at radius 2 is 1.92 bits per heavy atom. The zero-order valence-corrected chi connectivity index (χ0v) is 20.7. The monoisotopic (exact) mass is 491 g/mol. The number of carbonyl (C=O) groups excluding carboxylic acids is 2. The number of para-hydroxylation sites is 1. The topological polar surface area (TPSA) is 107 Å². The molecule has 0 bridgehead atoms. The molecule has 3 aromatic rings. The van der Waals surface area contributed by atoms with E-state index in [1.54, 1.807) is 28.0 Å². The summed E-state index contributed by atoms with van der Waals surface area (Å²) >= 11 is 0. The van der Waals surface area contributed by atoms with Crippen LogP contribution in [0.5, 0.6) is 0 Å². The average Bonchev–Trinajstić information content (AvgIpc) is 3.26. The lowest BCUT2D eigenvalue weighted by Gasteiger charge is -2.47. The van der Waals surface area contributed by atoms with Crippen molar-refractivity contribution in [2.75, 3.05) is 32.7 Å². The average molecular weight is 492 g/mol. The molecule has 3 N–H and O–H groups in total. The number of aromatic amines is 1. The Balaban J connectivity index is 1.53. The van der Waals surface area contributed by atoms with Gasteiger partial charge in [-0.15, -0.1) is 0 Å². The Morgan fingerprint density at radius 3 is 2.67 bits per heavy atom. The highest BCUT2D eigenvalue weighted by molar-refractivity contribution is 5.97. The molecule has 2 aromatic carbocycles. The van der Waals surface area contributed by atoms with Gasteiger partial charge in [-0.05, 0) is 43.2 Å². The summed E-state index contributed by atoms with van der Waals surface area (Å²) in [4.78, 5) is 36.5. The third-order valence-corrected chi connectivity index (χ3v) is 7.59. The Hall–Kier alpha value is -3.24. The molecule has 0 saturated carbocycles. The molecule has 2 amide bonds. The summed E-state index contributed by atoms with van der Waals surface area (Å²) in [6, 6.07) is 13.4. The fourth-order valence-electron chi connectivity index (χ4n) is 5.73. The van der Waals surface area contributed by atoms with E-state index in [4.69, 9.17) is 0 Å². The van der Waals surface area contributed by atoms with Gasteiger partial charge in [-0.1, -0.05) is 44.2 Å². The van der Waals surface area contributed by atoms with Crippen LogP contribution in [0.3, 0.4) is 0 Å². The summed E-state index contributed by atoms with van der Waals surface area (Å²) in [5, 5.41) is 21.3. The lowest BCUT2D eigenvalue weighted by atomic mass is 9.86. The van der Waals surface area contributed by atoms with Crippen LogP contribution in [0.25, 0.3) is 10.9 Å². The van der Waals surface area contributed by atoms with Gasteiger partial charge in [0.05, 0.1) is 12.6 Å². The van der Waals surface area contributed by atoms with Gasteiger partial charge in [-0.3, -0.25) is 9.59 Å². The first-order chi connectivity index (χ1) is 17.4. The van der Waals surface area contributed by atoms with Gasteiger partial charge in [0, 0.05) is 41.7 Å². The molecule has 9 heteroatoms. The molecule has 0 aliphatic carbocycles. The quantitative estimate of drug-likeness (QED) is 0.418. The lowest BCUT2D eigenvalue weighted by Crippen LogP contribution is -2.99. The van der Waals surface area contributed by atoms with E-state index < -0.39 is 17.3 Å². The van der Waals surface area contributed by atoms with Crippen molar-refractivity contribution in [2.45, 2.75) is 38.8 Å². The third-order valence-electron chi connectivity index (χ3n) is 7.59. The Kier molecular flexibility index (Phi) is 6.81. The first-order valence-corrected chi connectivity index (χ1v) is 12.7. The minimum absolute atomic E-state index is 0.0375. The highest BCUT2D eigenvalue weighted by Crippen LogP contribution is 2.42. The molecule has 9 nitrogen and oxygen atoms in total. The van der Waals surface area contributed by atoms with Crippen molar-refractivity contribution in [2.24, 2.45) is 0 Å². The second kappa shape index (κ2) is 10.0. The molecule has 5 rings (SSSR count). The molecule has 190 valence electrons. The van der Waals surface area contributed by atoms with Gasteiger partial charge in [0.2, 0.25) is 11.8 Å². The standard InChI is InChI=1S/C27H33N5O4/c1-3-29(4-2)13-8-14-30-17-24(33)31-23(27(30)34)16-21-20-11-5-6-12-22(20)28-25(21)26(31)18-9-7-10-19(15-18)32(35)36/h5-7,9-12,15,23,26,28,32,35H,3-4,8,13-14,16-17H2,1-2H3. The molecule has 3 atom stereocenters. The van der Waals surface area contributed by atoms with Gasteiger partial charge in [0.15, 0.2) is 5.69 Å². The van der Waals surface area contributed by atoms with E-state index in [9.17, 15) is 20.0 Å². The number of carbonyl (C=O) groups is 2. The van der Waals surface area contributed by atoms with E-state index in [0.717, 1.165) is 48.2 Å². The van der Waals surface area contributed by atoms with E-state index in [2.05, 4.69) is 23.7 Å². The van der Waals surface area contributed by atoms with Crippen LogP contribution in [0.4, 0.5) is 5.69 Å². The van der Waals surface area contributed by atoms with Crippen LogP contribution < -0.4 is 5.23 Å². The Morgan fingerprint density at radius 1 is 1.14 bits per heavy atom. The zero-order chi connectivity index (χ0) is 25.4. The summed E-state index contributed by atoms with van der Waals surface area (Å²) in [7, 11) is 0. The van der Waals surface area contributed by atoms with Crippen LogP contribution in [0.2, 0.25) is 0 Å². The maximum Gasteiger partial charge on any atom is 0.246 e. The van der Waals surface area contributed by atoms with Crippen LogP contribution in [-0.2, 0) is 16.0 Å². The van der Waals surface area contributed by atoms with Crippen molar-refractivity contribution in [3.8, 4) is 0 Å². The van der Waals surface area contributed by atoms with Crippen LogP contribution in [0.15, 0.2) is 48.5 Å². The summed E-state index contributed by atoms with van der Waals surface area (Å²) < 4.78 is 0. The summed E-state index contributed by atoms with van der Waals surface area (Å²) in [5.41, 5.74) is 3.65. The number of amides is 2. The second-order valence-corrected chi connectivity index (χ2v) is 9.56. The van der Waals surface area contributed by atoms with E-state index in [1.165, 1.54) is 0 Å². The number of rotatable bonds is 8. The number of piperazine rings is 1. The molecule has 1 aromatic heterocycles. The van der Waals surface area contributed by atoms with Crippen LogP contribution in [0, 0.1) is 5.21 Å². The maximum atomic E-state index is 13.8. The molecule has 2 aliphatic heterocycles. The van der Waals surface area contributed by atoms with Gasteiger partial charge < -0.3 is 24.9 Å². The zero-order valence-electron chi connectivity index (χ0n) is 20.7. The SMILES string of the molecule is CCN(CC)CCCN1CC(=O)N2C(Cc3c([nH]c4ccccc34)C2c2cccc([NH+]([O-])O)c2)C1=O. The molecule has 2 aliphatic rings. The second-order valence-electron chi connectivity index (χ2n) is 9.56. The summed E-state index contributed by atoms with van der Waals surface area (Å²) in [5.74, 6) is -0.151. The van der Waals surface area contributed by atoms with Crippen molar-refractivity contribution in [1.29, 1.82) is 0 Å². The number of hydrogen-bond donors (Lipinski definition) is 3. The predicted molar refractivity (Wildman–Crippen MR) is 136 cm³/mol. The number of aromatic nitrogens is 1. The van der Waals surface area contributed by atoms with Gasteiger partial charge in [0.25, 0.3) is 0 Å². The fraction of sp³-hybridized carbons (Fsp3) is 0.407. The summed E-state index contributed by atoms with van der Waals surface area (Å²) in [6.07, 6.45) is 1.25. The molecule has 0 spiro atoms. The van der Waals surface area contributed by atoms with E-state index in [-0.39, 0.29) is 24.0 Å². The van der Waals surface area contributed by atoms with Gasteiger partial charge in [-0.25, -0.2) is 5.21 Å². The minimum Gasteiger partial charge on any atom is -0.595 e. The van der Waals surface area contributed by atoms with E-state index >= 15 is 0 Å². The first kappa shape index (κ1) is 24.5. The molecular weight excluding hydrogens is 458 g/mol. The summed E-state index contributed by atoms with van der Waals surface area (Å²) in [6.45, 7) is 7.63. The molecule has 1 fully saturated rings. The molecule has 1 saturated heterocycles. The number of quaternary nitrogens is 1. The predicted octanol–water partition coefficient (Wildman–Crippen LogP) is 1.99. The number of benzene rings is 2. The number of nitrogens with zero attached hydrogens (tertiary/aromatic N) is 3. The van der Waals surface area contributed by atoms with Crippen LogP contribution in [0.1, 0.15) is 43.1 Å². The van der Waals surface area contributed by atoms with Crippen molar-refractivity contribution < 1.29 is 20.0 Å². The highest BCUT2D eigenvalue weighted by Gasteiger charge is 2.48. The van der Waals surface area contributed by atoms with Crippen molar-refractivity contribution in [3.63, 3.8) is 0 Å². The van der Waals surface area contributed by atoms with Gasteiger partial charge in [0.1, 0.15) is 6.04 Å². The van der Waals surface area contributed by atoms with Crippen molar-refractivity contribution in [3.05, 3.63) is 70.6 Å². The van der Waals surface area contributed by atoms with E-state index in [0.29, 0.717) is 18.5 Å². The van der Waals surface area contributed by atoms with E-state index in [1.807, 2.05) is 30.3 Å². The van der Waals surface area contributed by atoms with Crippen LogP contribution in [-0.4, -0.2) is 75.5 Å². The first-order valence-electron chi connectivity index (χ1n) is 12.7. The number of nitrogens with one attached hydrogen (secondary N) is 2. The van der Waals surface area contributed by atoms with Gasteiger partial charge in [-0.2, -0.15) is 5.23 Å². The molecule has 3 heterocycles. The number of fused-ring (bicyclic) bond motifs is 4. The number of hydrogen-bond acceptors (Lipinski definition) is 5. The van der Waals surface area contributed by atoms with Gasteiger partial charge >= 0.3 is 0 Å². The van der Waals surface area contributed by atoms with Crippen molar-refractivity contribution >= 4 is 28.4 Å². The number of H-pyrrole nitrogens is 1. The molecule has 3 unspecified atom stereocenters.